The minimum Gasteiger partial charge on any atom is -0.393 e. The topological polar surface area (TPSA) is 119 Å². The third-order valence-electron chi connectivity index (χ3n) is 4.07. The van der Waals surface area contributed by atoms with Crippen molar-refractivity contribution < 1.29 is 14.5 Å². The van der Waals surface area contributed by atoms with E-state index < -0.39 is 10.8 Å². The lowest BCUT2D eigenvalue weighted by molar-refractivity contribution is -0.383. The quantitative estimate of drug-likeness (QED) is 0.292. The van der Waals surface area contributed by atoms with Crippen LogP contribution in [0.4, 0.5) is 17.1 Å². The number of nitro benzene ring substituents is 1. The zero-order valence-electron chi connectivity index (χ0n) is 14.7. The van der Waals surface area contributed by atoms with Crippen molar-refractivity contribution in [3.63, 3.8) is 0 Å². The fourth-order valence-corrected chi connectivity index (χ4v) is 2.78. The Hall–Kier alpha value is -3.07. The van der Waals surface area contributed by atoms with Crippen molar-refractivity contribution in [3.8, 4) is 0 Å². The van der Waals surface area contributed by atoms with E-state index in [0.29, 0.717) is 12.1 Å². The molecule has 2 aromatic carbocycles. The van der Waals surface area contributed by atoms with Gasteiger partial charge in [-0.3, -0.25) is 19.7 Å². The van der Waals surface area contributed by atoms with Gasteiger partial charge in [0.25, 0.3) is 11.6 Å². The Balaban J connectivity index is 2.46. The largest absolute Gasteiger partial charge is 0.393 e. The smallest absolute Gasteiger partial charge is 0.292 e. The Morgan fingerprint density at radius 1 is 1.26 bits per heavy atom. The molecule has 0 saturated heterocycles. The molecule has 2 rings (SSSR count). The van der Waals surface area contributed by atoms with Crippen LogP contribution in [0.3, 0.4) is 0 Å². The second-order valence-corrected chi connectivity index (χ2v) is 5.98. The predicted molar refractivity (Wildman–Crippen MR) is 107 cm³/mol. The van der Waals surface area contributed by atoms with Crippen molar-refractivity contribution in [2.24, 2.45) is 0 Å². The van der Waals surface area contributed by atoms with E-state index in [1.165, 1.54) is 17.0 Å². The summed E-state index contributed by atoms with van der Waals surface area (Å²) < 4.78 is 2.22. The van der Waals surface area contributed by atoms with Crippen molar-refractivity contribution in [3.05, 3.63) is 63.7 Å². The van der Waals surface area contributed by atoms with E-state index in [1.54, 1.807) is 12.1 Å². The van der Waals surface area contributed by atoms with Crippen LogP contribution in [0.25, 0.3) is 0 Å². The average molecular weight is 388 g/mol. The molecule has 0 aliphatic heterocycles. The predicted octanol–water partition coefficient (Wildman–Crippen LogP) is 2.74. The fourth-order valence-electron chi connectivity index (χ4n) is 2.66. The molecular formula is C18H20N4O4S. The third kappa shape index (κ3) is 4.76. The van der Waals surface area contributed by atoms with Gasteiger partial charge in [0.05, 0.1) is 4.92 Å². The van der Waals surface area contributed by atoms with Crippen molar-refractivity contribution >= 4 is 41.7 Å². The molecule has 2 amide bonds. The number of amides is 2. The molecule has 142 valence electrons. The number of nitro groups is 1. The molecule has 0 saturated carbocycles. The van der Waals surface area contributed by atoms with E-state index in [-0.39, 0.29) is 35.8 Å². The summed E-state index contributed by atoms with van der Waals surface area (Å²) in [5, 5.41) is 11.1. The lowest BCUT2D eigenvalue weighted by atomic mass is 10.1. The average Bonchev–Trinajstić information content (AvgIpc) is 2.68. The van der Waals surface area contributed by atoms with Gasteiger partial charge in [-0.1, -0.05) is 37.9 Å². The van der Waals surface area contributed by atoms with Gasteiger partial charge in [-0.2, -0.15) is 0 Å². The highest BCUT2D eigenvalue weighted by Crippen LogP contribution is 2.27. The van der Waals surface area contributed by atoms with Gasteiger partial charge >= 0.3 is 0 Å². The van der Waals surface area contributed by atoms with Crippen molar-refractivity contribution in [1.29, 1.82) is 0 Å². The Labute approximate surface area is 162 Å². The molecule has 0 fully saturated rings. The minimum absolute atomic E-state index is 0.0217. The summed E-state index contributed by atoms with van der Waals surface area (Å²) in [5.41, 5.74) is 6.94. The zero-order valence-corrected chi connectivity index (χ0v) is 15.6. The molecule has 0 heterocycles. The molecule has 8 nitrogen and oxygen atoms in total. The number of nitrogens with one attached hydrogen (secondary N) is 1. The maximum absolute atomic E-state index is 13.1. The van der Waals surface area contributed by atoms with E-state index in [0.717, 1.165) is 11.6 Å². The van der Waals surface area contributed by atoms with Gasteiger partial charge in [-0.25, -0.2) is 0 Å². The maximum Gasteiger partial charge on any atom is 0.292 e. The monoisotopic (exact) mass is 388 g/mol. The van der Waals surface area contributed by atoms with Crippen LogP contribution in [0.15, 0.2) is 42.5 Å². The summed E-state index contributed by atoms with van der Waals surface area (Å²) in [6, 6.07) is 11.2. The number of hydrogen-bond acceptors (Lipinski definition) is 6. The van der Waals surface area contributed by atoms with Crippen LogP contribution in [-0.2, 0) is 11.2 Å². The van der Waals surface area contributed by atoms with Gasteiger partial charge in [0.1, 0.15) is 5.69 Å². The minimum atomic E-state index is -0.634. The molecule has 0 unspecified atom stereocenters. The van der Waals surface area contributed by atoms with E-state index in [1.807, 2.05) is 19.1 Å². The molecule has 0 bridgehead atoms. The van der Waals surface area contributed by atoms with E-state index >= 15 is 0 Å². The number of thiol groups is 1. The SMILES string of the molecule is CCc1ccccc1N(CCC(=O)NS)C(=O)c1ccc(N)c([N+](=O)[O-])c1. The highest BCUT2D eigenvalue weighted by Gasteiger charge is 2.23. The standard InChI is InChI=1S/C18H20N4O4S/c1-2-12-5-3-4-6-15(12)21(10-9-17(23)20-27)18(24)13-7-8-14(19)16(11-13)22(25)26/h3-8,11,27H,2,9-10,19H2,1H3,(H,20,23). The maximum atomic E-state index is 13.1. The first-order chi connectivity index (χ1) is 12.9. The number of nitrogens with two attached hydrogens (primary N) is 1. The molecule has 0 aliphatic carbocycles. The summed E-state index contributed by atoms with van der Waals surface area (Å²) in [4.78, 5) is 36.7. The number of para-hydroxylation sites is 1. The van der Waals surface area contributed by atoms with Crippen LogP contribution in [-0.4, -0.2) is 23.3 Å². The van der Waals surface area contributed by atoms with E-state index in [2.05, 4.69) is 17.5 Å². The fraction of sp³-hybridized carbons (Fsp3) is 0.222. The Kier molecular flexibility index (Phi) is 6.78. The number of anilines is 2. The second-order valence-electron chi connectivity index (χ2n) is 5.75. The van der Waals surface area contributed by atoms with Gasteiger partial charge < -0.3 is 15.4 Å². The first-order valence-corrected chi connectivity index (χ1v) is 8.70. The van der Waals surface area contributed by atoms with E-state index in [9.17, 15) is 19.7 Å². The molecule has 9 heteroatoms. The van der Waals surface area contributed by atoms with Crippen LogP contribution >= 0.6 is 12.8 Å². The van der Waals surface area contributed by atoms with Gasteiger partial charge in [-0.05, 0) is 30.2 Å². The van der Waals surface area contributed by atoms with E-state index in [4.69, 9.17) is 5.73 Å². The van der Waals surface area contributed by atoms with Crippen LogP contribution in [0.2, 0.25) is 0 Å². The van der Waals surface area contributed by atoms with Crippen LogP contribution in [0.1, 0.15) is 29.3 Å². The Morgan fingerprint density at radius 2 is 1.96 bits per heavy atom. The number of hydrogen-bond donors (Lipinski definition) is 3. The molecule has 0 aromatic heterocycles. The number of carbonyl (C=O) groups is 2. The molecular weight excluding hydrogens is 368 g/mol. The lowest BCUT2D eigenvalue weighted by Crippen LogP contribution is -2.35. The highest BCUT2D eigenvalue weighted by molar-refractivity contribution is 7.78. The normalized spacial score (nSPS) is 10.3. The molecule has 0 radical (unpaired) electrons. The van der Waals surface area contributed by atoms with Gasteiger partial charge in [0.15, 0.2) is 0 Å². The molecule has 2 aromatic rings. The molecule has 0 spiro atoms. The summed E-state index contributed by atoms with van der Waals surface area (Å²) in [5.74, 6) is -0.792. The summed E-state index contributed by atoms with van der Waals surface area (Å²) in [6.07, 6.45) is 0.713. The first kappa shape index (κ1) is 20.2. The first-order valence-electron chi connectivity index (χ1n) is 8.25. The Bertz CT molecular complexity index is 872. The second kappa shape index (κ2) is 9.04. The number of benzene rings is 2. The lowest BCUT2D eigenvalue weighted by Gasteiger charge is -2.25. The van der Waals surface area contributed by atoms with Crippen LogP contribution < -0.4 is 15.4 Å². The van der Waals surface area contributed by atoms with Gasteiger partial charge in [0.2, 0.25) is 5.91 Å². The summed E-state index contributed by atoms with van der Waals surface area (Å²) >= 11 is 3.72. The van der Waals surface area contributed by atoms with Crippen molar-refractivity contribution in [1.82, 2.24) is 4.72 Å². The highest BCUT2D eigenvalue weighted by atomic mass is 32.1. The molecule has 0 atom stereocenters. The number of nitrogens with zero attached hydrogens (tertiary/aromatic N) is 2. The number of carbonyl (C=O) groups excluding carboxylic acids is 2. The molecule has 3 N–H and O–H groups in total. The van der Waals surface area contributed by atoms with Crippen molar-refractivity contribution in [2.75, 3.05) is 17.2 Å². The van der Waals surface area contributed by atoms with Crippen LogP contribution in [0, 0.1) is 10.1 Å². The van der Waals surface area contributed by atoms with Crippen LogP contribution in [0.5, 0.6) is 0 Å². The van der Waals surface area contributed by atoms with Gasteiger partial charge in [0, 0.05) is 30.3 Å². The summed E-state index contributed by atoms with van der Waals surface area (Å²) in [7, 11) is 0. The summed E-state index contributed by atoms with van der Waals surface area (Å²) in [6.45, 7) is 2.05. The van der Waals surface area contributed by atoms with Gasteiger partial charge in [-0.15, -0.1) is 0 Å². The zero-order chi connectivity index (χ0) is 20.0. The number of nitrogen functional groups attached to an aromatic ring is 1. The number of rotatable bonds is 7. The number of aryl methyl sites for hydroxylation is 1. The molecule has 0 aliphatic rings. The van der Waals surface area contributed by atoms with Crippen molar-refractivity contribution in [2.45, 2.75) is 19.8 Å². The Morgan fingerprint density at radius 3 is 2.59 bits per heavy atom. The third-order valence-corrected chi connectivity index (χ3v) is 4.32. The molecule has 27 heavy (non-hydrogen) atoms.